The summed E-state index contributed by atoms with van der Waals surface area (Å²) in [5.74, 6) is 2.01. The number of carbonyl (C=O) groups is 1. The van der Waals surface area contributed by atoms with Crippen molar-refractivity contribution in [1.29, 1.82) is 0 Å². The third-order valence-electron chi connectivity index (χ3n) is 5.52. The Hall–Kier alpha value is -3.65. The molecule has 4 aromatic rings. The molecule has 1 unspecified atom stereocenters. The SMILES string of the molecule is COc1ccc(C(=O)CC(c2ccccc2Br)n2ncc(-c3cc(OC)ccc3OC)n2)cc1. The molecule has 0 N–H and O–H groups in total. The summed E-state index contributed by atoms with van der Waals surface area (Å²) in [4.78, 5) is 14.8. The molecule has 174 valence electrons. The monoisotopic (exact) mass is 521 g/mol. The largest absolute Gasteiger partial charge is 0.497 e. The molecule has 1 heterocycles. The highest BCUT2D eigenvalue weighted by molar-refractivity contribution is 9.10. The molecular weight excluding hydrogens is 498 g/mol. The minimum Gasteiger partial charge on any atom is -0.497 e. The van der Waals surface area contributed by atoms with Crippen molar-refractivity contribution in [1.82, 2.24) is 15.0 Å². The lowest BCUT2D eigenvalue weighted by Gasteiger charge is -2.18. The molecule has 34 heavy (non-hydrogen) atoms. The zero-order chi connectivity index (χ0) is 24.1. The van der Waals surface area contributed by atoms with Crippen molar-refractivity contribution >= 4 is 21.7 Å². The van der Waals surface area contributed by atoms with Gasteiger partial charge in [-0.1, -0.05) is 34.1 Å². The predicted octanol–water partition coefficient (Wildman–Crippen LogP) is 5.60. The van der Waals surface area contributed by atoms with Gasteiger partial charge < -0.3 is 14.2 Å². The van der Waals surface area contributed by atoms with Gasteiger partial charge in [-0.25, -0.2) is 0 Å². The Morgan fingerprint density at radius 2 is 1.65 bits per heavy atom. The van der Waals surface area contributed by atoms with Gasteiger partial charge in [0.2, 0.25) is 0 Å². The summed E-state index contributed by atoms with van der Waals surface area (Å²) in [7, 11) is 4.81. The van der Waals surface area contributed by atoms with Crippen LogP contribution in [0.15, 0.2) is 77.4 Å². The van der Waals surface area contributed by atoms with E-state index in [2.05, 4.69) is 21.0 Å². The summed E-state index contributed by atoms with van der Waals surface area (Å²) in [6, 6.07) is 19.9. The predicted molar refractivity (Wildman–Crippen MR) is 133 cm³/mol. The minimum absolute atomic E-state index is 0.0267. The van der Waals surface area contributed by atoms with E-state index in [-0.39, 0.29) is 12.2 Å². The summed E-state index contributed by atoms with van der Waals surface area (Å²) < 4.78 is 17.0. The van der Waals surface area contributed by atoms with Gasteiger partial charge in [-0.2, -0.15) is 15.0 Å². The summed E-state index contributed by atoms with van der Waals surface area (Å²) >= 11 is 3.62. The number of hydrogen-bond acceptors (Lipinski definition) is 6. The lowest BCUT2D eigenvalue weighted by Crippen LogP contribution is -2.18. The number of ketones is 1. The summed E-state index contributed by atoms with van der Waals surface area (Å²) in [5, 5.41) is 9.26. The first-order chi connectivity index (χ1) is 16.5. The van der Waals surface area contributed by atoms with E-state index in [9.17, 15) is 4.79 Å². The lowest BCUT2D eigenvalue weighted by atomic mass is 9.98. The van der Waals surface area contributed by atoms with Gasteiger partial charge in [0.05, 0.1) is 27.5 Å². The van der Waals surface area contributed by atoms with Gasteiger partial charge in [-0.15, -0.1) is 0 Å². The number of rotatable bonds is 9. The molecule has 1 atom stereocenters. The number of hydrogen-bond donors (Lipinski definition) is 0. The Morgan fingerprint density at radius 3 is 2.32 bits per heavy atom. The fraction of sp³-hybridized carbons (Fsp3) is 0.192. The quantitative estimate of drug-likeness (QED) is 0.267. The molecule has 0 radical (unpaired) electrons. The van der Waals surface area contributed by atoms with Crippen LogP contribution in [0, 0.1) is 0 Å². The smallest absolute Gasteiger partial charge is 0.165 e. The number of Topliss-reactive ketones (excluding diaryl/α,β-unsaturated/α-hetero) is 1. The molecule has 3 aromatic carbocycles. The molecule has 1 aromatic heterocycles. The van der Waals surface area contributed by atoms with Crippen LogP contribution in [0.5, 0.6) is 17.2 Å². The first-order valence-corrected chi connectivity index (χ1v) is 11.4. The maximum Gasteiger partial charge on any atom is 0.165 e. The second-order valence-electron chi connectivity index (χ2n) is 7.51. The van der Waals surface area contributed by atoms with Crippen molar-refractivity contribution in [2.45, 2.75) is 12.5 Å². The van der Waals surface area contributed by atoms with Gasteiger partial charge in [-0.05, 0) is 54.1 Å². The fourth-order valence-electron chi connectivity index (χ4n) is 3.70. The van der Waals surface area contributed by atoms with E-state index in [0.717, 1.165) is 15.6 Å². The highest BCUT2D eigenvalue weighted by Gasteiger charge is 2.24. The van der Waals surface area contributed by atoms with Crippen LogP contribution < -0.4 is 14.2 Å². The van der Waals surface area contributed by atoms with Gasteiger partial charge in [0.15, 0.2) is 5.78 Å². The zero-order valence-corrected chi connectivity index (χ0v) is 20.7. The molecule has 0 spiro atoms. The molecule has 7 nitrogen and oxygen atoms in total. The van der Waals surface area contributed by atoms with Crippen molar-refractivity contribution < 1.29 is 19.0 Å². The highest BCUT2D eigenvalue weighted by Crippen LogP contribution is 2.34. The van der Waals surface area contributed by atoms with Gasteiger partial charge in [-0.3, -0.25) is 4.79 Å². The fourth-order valence-corrected chi connectivity index (χ4v) is 4.24. The molecule has 8 heteroatoms. The van der Waals surface area contributed by atoms with Crippen molar-refractivity contribution in [3.8, 4) is 28.5 Å². The third kappa shape index (κ3) is 4.97. The number of benzene rings is 3. The third-order valence-corrected chi connectivity index (χ3v) is 6.25. The number of ether oxygens (including phenoxy) is 3. The molecule has 0 aliphatic rings. The van der Waals surface area contributed by atoms with Crippen LogP contribution in [0.1, 0.15) is 28.4 Å². The first kappa shape index (κ1) is 23.5. The standard InChI is InChI=1S/C26H24BrN3O4/c1-32-18-10-8-17(9-11-18)25(31)15-24(20-6-4-5-7-22(20)27)30-28-16-23(29-30)21-14-19(33-2)12-13-26(21)34-3/h4-14,16,24H,15H2,1-3H3. The number of carbonyl (C=O) groups excluding carboxylic acids is 1. The van der Waals surface area contributed by atoms with Gasteiger partial charge in [0.25, 0.3) is 0 Å². The molecular formula is C26H24BrN3O4. The second kappa shape index (κ2) is 10.5. The second-order valence-corrected chi connectivity index (χ2v) is 8.36. The molecule has 0 saturated carbocycles. The van der Waals surface area contributed by atoms with Crippen LogP contribution in [0.3, 0.4) is 0 Å². The van der Waals surface area contributed by atoms with E-state index in [4.69, 9.17) is 19.3 Å². The topological polar surface area (TPSA) is 75.5 Å². The maximum absolute atomic E-state index is 13.2. The van der Waals surface area contributed by atoms with Crippen LogP contribution in [-0.2, 0) is 0 Å². The average Bonchev–Trinajstić information content (AvgIpc) is 3.37. The van der Waals surface area contributed by atoms with Gasteiger partial charge >= 0.3 is 0 Å². The van der Waals surface area contributed by atoms with Crippen LogP contribution >= 0.6 is 15.9 Å². The molecule has 0 aliphatic heterocycles. The van der Waals surface area contributed by atoms with Crippen LogP contribution in [0.2, 0.25) is 0 Å². The summed E-state index contributed by atoms with van der Waals surface area (Å²) in [5.41, 5.74) is 2.87. The molecule has 0 fully saturated rings. The Bertz CT molecular complexity index is 1290. The first-order valence-electron chi connectivity index (χ1n) is 10.6. The van der Waals surface area contributed by atoms with Crippen LogP contribution in [-0.4, -0.2) is 42.1 Å². The maximum atomic E-state index is 13.2. The molecule has 0 aliphatic carbocycles. The average molecular weight is 522 g/mol. The molecule has 0 amide bonds. The van der Waals surface area contributed by atoms with Crippen LogP contribution in [0.25, 0.3) is 11.3 Å². The van der Waals surface area contributed by atoms with Crippen molar-refractivity contribution in [2.75, 3.05) is 21.3 Å². The van der Waals surface area contributed by atoms with E-state index in [1.807, 2.05) is 42.5 Å². The van der Waals surface area contributed by atoms with Crippen molar-refractivity contribution in [3.63, 3.8) is 0 Å². The lowest BCUT2D eigenvalue weighted by molar-refractivity contribution is 0.0964. The zero-order valence-electron chi connectivity index (χ0n) is 19.1. The summed E-state index contributed by atoms with van der Waals surface area (Å²) in [6.45, 7) is 0. The number of methoxy groups -OCH3 is 3. The Balaban J connectivity index is 1.72. The Morgan fingerprint density at radius 1 is 0.941 bits per heavy atom. The number of aromatic nitrogens is 3. The van der Waals surface area contributed by atoms with Crippen molar-refractivity contribution in [3.05, 3.63) is 88.5 Å². The number of halogens is 1. The van der Waals surface area contributed by atoms with Crippen LogP contribution in [0.4, 0.5) is 0 Å². The summed E-state index contributed by atoms with van der Waals surface area (Å²) in [6.07, 6.45) is 1.84. The Kier molecular flexibility index (Phi) is 7.27. The normalized spacial score (nSPS) is 11.6. The molecule has 0 bridgehead atoms. The van der Waals surface area contributed by atoms with Gasteiger partial charge in [0, 0.05) is 22.0 Å². The van der Waals surface area contributed by atoms with Crippen molar-refractivity contribution in [2.24, 2.45) is 0 Å². The van der Waals surface area contributed by atoms with E-state index >= 15 is 0 Å². The molecule has 4 rings (SSSR count). The van der Waals surface area contributed by atoms with E-state index in [1.54, 1.807) is 56.6 Å². The van der Waals surface area contributed by atoms with E-state index < -0.39 is 6.04 Å². The highest BCUT2D eigenvalue weighted by atomic mass is 79.9. The minimum atomic E-state index is -0.421. The van der Waals surface area contributed by atoms with E-state index in [1.165, 1.54) is 0 Å². The van der Waals surface area contributed by atoms with Gasteiger partial charge in [0.1, 0.15) is 29.0 Å². The Labute approximate surface area is 206 Å². The number of nitrogens with zero attached hydrogens (tertiary/aromatic N) is 3. The van der Waals surface area contributed by atoms with E-state index in [0.29, 0.717) is 28.5 Å². The molecule has 0 saturated heterocycles.